The maximum absolute atomic E-state index is 13.1. The number of aromatic amines is 1. The largest absolute Gasteiger partial charge is 0.282 e. The van der Waals surface area contributed by atoms with Gasteiger partial charge in [0.15, 0.2) is 0 Å². The van der Waals surface area contributed by atoms with E-state index in [0.717, 1.165) is 51.5 Å². The van der Waals surface area contributed by atoms with Crippen LogP contribution in [-0.2, 0) is 16.4 Å². The van der Waals surface area contributed by atoms with Crippen LogP contribution in [0.25, 0.3) is 10.6 Å². The molecular weight excluding hydrogens is 378 g/mol. The van der Waals surface area contributed by atoms with Crippen LogP contribution in [0.15, 0.2) is 35.2 Å². The Hall–Kier alpha value is -1.96. The summed E-state index contributed by atoms with van der Waals surface area (Å²) in [7, 11) is -3.60. The van der Waals surface area contributed by atoms with Crippen LogP contribution in [0, 0.1) is 20.8 Å². The zero-order chi connectivity index (χ0) is 19.2. The van der Waals surface area contributed by atoms with Gasteiger partial charge in [-0.3, -0.25) is 5.10 Å². The molecule has 4 rings (SSSR count). The van der Waals surface area contributed by atoms with Crippen LogP contribution >= 0.6 is 11.3 Å². The van der Waals surface area contributed by atoms with E-state index >= 15 is 0 Å². The number of nitrogens with one attached hydrogen (secondary N) is 2. The smallest absolute Gasteiger partial charge is 0.242 e. The van der Waals surface area contributed by atoms with Crippen molar-refractivity contribution in [1.82, 2.24) is 14.9 Å². The zero-order valence-electron chi connectivity index (χ0n) is 15.7. The number of hydrogen-bond donors (Lipinski definition) is 2. The molecular formula is C20H23N3O2S2. The molecule has 2 heterocycles. The summed E-state index contributed by atoms with van der Waals surface area (Å²) >= 11 is 1.47. The summed E-state index contributed by atoms with van der Waals surface area (Å²) in [6.07, 6.45) is 2.82. The van der Waals surface area contributed by atoms with Crippen LogP contribution in [0.5, 0.6) is 0 Å². The number of aromatic nitrogens is 2. The van der Waals surface area contributed by atoms with Gasteiger partial charge < -0.3 is 0 Å². The normalized spacial score (nSPS) is 17.1. The second-order valence-electron chi connectivity index (χ2n) is 7.12. The van der Waals surface area contributed by atoms with Crippen molar-refractivity contribution in [3.8, 4) is 10.6 Å². The fourth-order valence-corrected chi connectivity index (χ4v) is 6.59. The Kier molecular flexibility index (Phi) is 4.70. The molecule has 5 nitrogen and oxygen atoms in total. The Labute approximate surface area is 163 Å². The minimum absolute atomic E-state index is 0.169. The predicted octanol–water partition coefficient (Wildman–Crippen LogP) is 4.42. The summed E-state index contributed by atoms with van der Waals surface area (Å²) in [6.45, 7) is 5.81. The number of sulfonamides is 1. The number of nitrogens with zero attached hydrogens (tertiary/aromatic N) is 1. The topological polar surface area (TPSA) is 74.8 Å². The van der Waals surface area contributed by atoms with E-state index in [1.807, 2.05) is 39.0 Å². The quantitative estimate of drug-likeness (QED) is 0.679. The van der Waals surface area contributed by atoms with Gasteiger partial charge in [-0.25, -0.2) is 13.1 Å². The Bertz CT molecular complexity index is 1100. The molecule has 0 aliphatic heterocycles. The highest BCUT2D eigenvalue weighted by atomic mass is 32.2. The Morgan fingerprint density at radius 1 is 1.22 bits per heavy atom. The first-order chi connectivity index (χ1) is 12.9. The number of H-pyrrole nitrogens is 1. The minimum atomic E-state index is -3.60. The van der Waals surface area contributed by atoms with E-state index in [-0.39, 0.29) is 6.04 Å². The average molecular weight is 402 g/mol. The molecule has 1 atom stereocenters. The van der Waals surface area contributed by atoms with Crippen molar-refractivity contribution in [1.29, 1.82) is 0 Å². The molecule has 0 fully saturated rings. The molecule has 1 aromatic carbocycles. The molecule has 0 radical (unpaired) electrons. The zero-order valence-corrected chi connectivity index (χ0v) is 17.3. The van der Waals surface area contributed by atoms with Crippen molar-refractivity contribution < 1.29 is 8.42 Å². The SMILES string of the molecule is Cc1[nH]nc(-c2cc(S(=O)(=O)N[C@@H]3CCCc4ccccc43)c(C)s2)c1C. The first-order valence-corrected chi connectivity index (χ1v) is 11.4. The van der Waals surface area contributed by atoms with E-state index in [1.165, 1.54) is 16.9 Å². The van der Waals surface area contributed by atoms with E-state index in [9.17, 15) is 8.42 Å². The standard InChI is InChI=1S/C20H23N3O2S2/c1-12-13(2)21-22-20(12)18-11-19(14(3)26-18)27(24,25)23-17-10-6-8-15-7-4-5-9-16(15)17/h4-5,7,9,11,17,23H,6,8,10H2,1-3H3,(H,21,22)/t17-/m1/s1. The molecule has 1 aliphatic rings. The summed E-state index contributed by atoms with van der Waals surface area (Å²) in [5, 5.41) is 7.31. The first-order valence-electron chi connectivity index (χ1n) is 9.09. The molecule has 1 aliphatic carbocycles. The molecule has 0 saturated carbocycles. The summed E-state index contributed by atoms with van der Waals surface area (Å²) < 4.78 is 29.2. The predicted molar refractivity (Wildman–Crippen MR) is 109 cm³/mol. The van der Waals surface area contributed by atoms with Gasteiger partial charge in [0.1, 0.15) is 5.69 Å². The van der Waals surface area contributed by atoms with E-state index in [1.54, 1.807) is 6.07 Å². The lowest BCUT2D eigenvalue weighted by Crippen LogP contribution is -2.31. The number of aryl methyl sites for hydroxylation is 3. The minimum Gasteiger partial charge on any atom is -0.282 e. The second kappa shape index (κ2) is 6.89. The Morgan fingerprint density at radius 3 is 2.74 bits per heavy atom. The van der Waals surface area contributed by atoms with Gasteiger partial charge in [-0.1, -0.05) is 24.3 Å². The van der Waals surface area contributed by atoms with Gasteiger partial charge >= 0.3 is 0 Å². The van der Waals surface area contributed by atoms with E-state index < -0.39 is 10.0 Å². The molecule has 0 amide bonds. The van der Waals surface area contributed by atoms with E-state index in [2.05, 4.69) is 21.0 Å². The Balaban J connectivity index is 1.67. The van der Waals surface area contributed by atoms with Crippen LogP contribution in [0.4, 0.5) is 0 Å². The van der Waals surface area contributed by atoms with Crippen molar-refractivity contribution in [3.05, 3.63) is 57.6 Å². The van der Waals surface area contributed by atoms with Crippen molar-refractivity contribution >= 4 is 21.4 Å². The highest BCUT2D eigenvalue weighted by Gasteiger charge is 2.28. The number of rotatable bonds is 4. The lowest BCUT2D eigenvalue weighted by Gasteiger charge is -2.26. The van der Waals surface area contributed by atoms with Crippen LogP contribution in [0.2, 0.25) is 0 Å². The van der Waals surface area contributed by atoms with Gasteiger partial charge in [0, 0.05) is 16.6 Å². The molecule has 0 saturated heterocycles. The maximum atomic E-state index is 13.1. The van der Waals surface area contributed by atoms with E-state index in [4.69, 9.17) is 0 Å². The molecule has 3 aromatic rings. The molecule has 0 unspecified atom stereocenters. The molecule has 142 valence electrons. The summed E-state index contributed by atoms with van der Waals surface area (Å²) in [5.41, 5.74) is 5.21. The van der Waals surface area contributed by atoms with Gasteiger partial charge in [-0.15, -0.1) is 11.3 Å². The molecule has 2 aromatic heterocycles. The van der Waals surface area contributed by atoms with Crippen molar-refractivity contribution in [2.45, 2.75) is 51.0 Å². The second-order valence-corrected chi connectivity index (χ2v) is 10.1. The number of fused-ring (bicyclic) bond motifs is 1. The van der Waals surface area contributed by atoms with Crippen molar-refractivity contribution in [3.63, 3.8) is 0 Å². The van der Waals surface area contributed by atoms with Crippen LogP contribution < -0.4 is 4.72 Å². The van der Waals surface area contributed by atoms with Crippen LogP contribution in [0.3, 0.4) is 0 Å². The average Bonchev–Trinajstić information content (AvgIpc) is 3.18. The van der Waals surface area contributed by atoms with Gasteiger partial charge in [0.25, 0.3) is 0 Å². The van der Waals surface area contributed by atoms with Gasteiger partial charge in [-0.05, 0) is 62.8 Å². The third-order valence-corrected chi connectivity index (χ3v) is 8.10. The number of hydrogen-bond acceptors (Lipinski definition) is 4. The molecule has 0 bridgehead atoms. The van der Waals surface area contributed by atoms with Crippen molar-refractivity contribution in [2.24, 2.45) is 0 Å². The number of benzene rings is 1. The Morgan fingerprint density at radius 2 is 2.00 bits per heavy atom. The van der Waals surface area contributed by atoms with Gasteiger partial charge in [0.05, 0.1) is 9.77 Å². The molecule has 27 heavy (non-hydrogen) atoms. The van der Waals surface area contributed by atoms with Crippen molar-refractivity contribution in [2.75, 3.05) is 0 Å². The third-order valence-electron chi connectivity index (χ3n) is 5.32. The maximum Gasteiger partial charge on any atom is 0.242 e. The summed E-state index contributed by atoms with van der Waals surface area (Å²) in [6, 6.07) is 9.69. The lowest BCUT2D eigenvalue weighted by molar-refractivity contribution is 0.507. The lowest BCUT2D eigenvalue weighted by atomic mass is 9.88. The van der Waals surface area contributed by atoms with E-state index in [0.29, 0.717) is 4.90 Å². The summed E-state index contributed by atoms with van der Waals surface area (Å²) in [4.78, 5) is 2.01. The molecule has 7 heteroatoms. The van der Waals surface area contributed by atoms with Gasteiger partial charge in [-0.2, -0.15) is 5.10 Å². The molecule has 2 N–H and O–H groups in total. The highest BCUT2D eigenvalue weighted by Crippen LogP contribution is 2.36. The first kappa shape index (κ1) is 18.4. The summed E-state index contributed by atoms with van der Waals surface area (Å²) in [5.74, 6) is 0. The number of thiophene rings is 1. The molecule has 0 spiro atoms. The fourth-order valence-electron chi connectivity index (χ4n) is 3.70. The van der Waals surface area contributed by atoms with Crippen LogP contribution in [0.1, 0.15) is 46.1 Å². The fraction of sp³-hybridized carbons (Fsp3) is 0.350. The van der Waals surface area contributed by atoms with Gasteiger partial charge in [0.2, 0.25) is 10.0 Å². The monoisotopic (exact) mass is 401 g/mol. The van der Waals surface area contributed by atoms with Crippen LogP contribution in [-0.4, -0.2) is 18.6 Å². The third kappa shape index (κ3) is 3.35. The highest BCUT2D eigenvalue weighted by molar-refractivity contribution is 7.89.